The van der Waals surface area contributed by atoms with Crippen molar-refractivity contribution in [3.05, 3.63) is 74.0 Å². The molecule has 1 heterocycles. The highest BCUT2D eigenvalue weighted by Gasteiger charge is 2.13. The molecule has 0 saturated heterocycles. The number of allylic oxidation sites excluding steroid dienone is 1. The van der Waals surface area contributed by atoms with Crippen molar-refractivity contribution in [2.45, 2.75) is 20.3 Å². The number of hydrogen-bond acceptors (Lipinski definition) is 3. The van der Waals surface area contributed by atoms with Crippen LogP contribution in [0.4, 0.5) is 0 Å². The third kappa shape index (κ3) is 4.07. The van der Waals surface area contributed by atoms with Crippen molar-refractivity contribution in [2.24, 2.45) is 0 Å². The van der Waals surface area contributed by atoms with Gasteiger partial charge in [0.05, 0.1) is 11.3 Å². The first kappa shape index (κ1) is 17.6. The van der Waals surface area contributed by atoms with Gasteiger partial charge in [0.1, 0.15) is 11.1 Å². The zero-order valence-electron chi connectivity index (χ0n) is 14.1. The standard InChI is InChI=1S/C21H17BrN2S/c1-3-15-4-8-17(9-5-15)20-14(2)25-21(24-20)18(13-23)12-16-6-10-19(22)11-7-16/h4-12H,3H2,1-2H3/b18-12+. The van der Waals surface area contributed by atoms with E-state index in [2.05, 4.69) is 60.1 Å². The molecule has 2 aromatic carbocycles. The summed E-state index contributed by atoms with van der Waals surface area (Å²) in [5, 5.41) is 10.3. The van der Waals surface area contributed by atoms with Crippen molar-refractivity contribution in [1.29, 1.82) is 5.26 Å². The largest absolute Gasteiger partial charge is 0.235 e. The fourth-order valence-corrected chi connectivity index (χ4v) is 3.71. The van der Waals surface area contributed by atoms with E-state index in [1.165, 1.54) is 5.56 Å². The van der Waals surface area contributed by atoms with Crippen molar-refractivity contribution in [1.82, 2.24) is 4.98 Å². The van der Waals surface area contributed by atoms with Crippen molar-refractivity contribution in [3.8, 4) is 17.3 Å². The summed E-state index contributed by atoms with van der Waals surface area (Å²) >= 11 is 4.99. The Balaban J connectivity index is 1.97. The zero-order chi connectivity index (χ0) is 17.8. The van der Waals surface area contributed by atoms with Gasteiger partial charge in [-0.15, -0.1) is 11.3 Å². The molecule has 0 saturated carbocycles. The number of nitriles is 1. The summed E-state index contributed by atoms with van der Waals surface area (Å²) in [5.74, 6) is 0. The van der Waals surface area contributed by atoms with Gasteiger partial charge in [-0.2, -0.15) is 5.26 Å². The molecule has 1 aromatic heterocycles. The molecule has 0 unspecified atom stereocenters. The maximum absolute atomic E-state index is 9.57. The fraction of sp³-hybridized carbons (Fsp3) is 0.143. The van der Waals surface area contributed by atoms with Crippen LogP contribution >= 0.6 is 27.3 Å². The van der Waals surface area contributed by atoms with E-state index in [-0.39, 0.29) is 0 Å². The minimum absolute atomic E-state index is 0.590. The van der Waals surface area contributed by atoms with E-state index < -0.39 is 0 Å². The second kappa shape index (κ2) is 7.77. The summed E-state index contributed by atoms with van der Waals surface area (Å²) in [4.78, 5) is 5.86. The minimum atomic E-state index is 0.590. The van der Waals surface area contributed by atoms with Crippen LogP contribution in [0.25, 0.3) is 22.9 Å². The van der Waals surface area contributed by atoms with Gasteiger partial charge in [-0.05, 0) is 42.7 Å². The summed E-state index contributed by atoms with van der Waals surface area (Å²) in [6.45, 7) is 4.20. The number of halogens is 1. The number of benzene rings is 2. The predicted molar refractivity (Wildman–Crippen MR) is 109 cm³/mol. The van der Waals surface area contributed by atoms with Gasteiger partial charge in [0, 0.05) is 14.9 Å². The fourth-order valence-electron chi connectivity index (χ4n) is 2.55. The Labute approximate surface area is 160 Å². The maximum Gasteiger partial charge on any atom is 0.134 e. The van der Waals surface area contributed by atoms with Crippen LogP contribution in [0.1, 0.15) is 27.9 Å². The molecule has 3 rings (SSSR count). The number of thiazole rings is 1. The van der Waals surface area contributed by atoms with E-state index in [1.54, 1.807) is 11.3 Å². The van der Waals surface area contributed by atoms with Gasteiger partial charge in [-0.3, -0.25) is 0 Å². The van der Waals surface area contributed by atoms with Gasteiger partial charge in [0.2, 0.25) is 0 Å². The Morgan fingerprint density at radius 3 is 2.44 bits per heavy atom. The van der Waals surface area contributed by atoms with Crippen LogP contribution in [-0.4, -0.2) is 4.98 Å². The minimum Gasteiger partial charge on any atom is -0.235 e. The number of aryl methyl sites for hydroxylation is 2. The highest BCUT2D eigenvalue weighted by Crippen LogP contribution is 2.32. The van der Waals surface area contributed by atoms with Gasteiger partial charge in [-0.25, -0.2) is 4.98 Å². The smallest absolute Gasteiger partial charge is 0.134 e. The summed E-state index contributed by atoms with van der Waals surface area (Å²) in [7, 11) is 0. The summed E-state index contributed by atoms with van der Waals surface area (Å²) in [6, 6.07) is 18.7. The Hall–Kier alpha value is -2.22. The molecule has 25 heavy (non-hydrogen) atoms. The van der Waals surface area contributed by atoms with Gasteiger partial charge in [0.15, 0.2) is 0 Å². The van der Waals surface area contributed by atoms with E-state index in [4.69, 9.17) is 4.98 Å². The van der Waals surface area contributed by atoms with Crippen LogP contribution in [-0.2, 0) is 6.42 Å². The van der Waals surface area contributed by atoms with Gasteiger partial charge >= 0.3 is 0 Å². The molecule has 0 radical (unpaired) electrons. The summed E-state index contributed by atoms with van der Waals surface area (Å²) < 4.78 is 1.02. The van der Waals surface area contributed by atoms with Crippen LogP contribution < -0.4 is 0 Å². The number of aromatic nitrogens is 1. The number of nitrogens with zero attached hydrogens (tertiary/aromatic N) is 2. The first-order chi connectivity index (χ1) is 12.1. The average Bonchev–Trinajstić information content (AvgIpc) is 3.03. The maximum atomic E-state index is 9.57. The molecule has 0 spiro atoms. The van der Waals surface area contributed by atoms with Crippen molar-refractivity contribution >= 4 is 38.9 Å². The second-order valence-corrected chi connectivity index (χ2v) is 7.81. The molecule has 124 valence electrons. The Morgan fingerprint density at radius 2 is 1.84 bits per heavy atom. The molecular weight excluding hydrogens is 392 g/mol. The van der Waals surface area contributed by atoms with E-state index >= 15 is 0 Å². The second-order valence-electron chi connectivity index (χ2n) is 5.70. The van der Waals surface area contributed by atoms with E-state index in [0.717, 1.165) is 37.6 Å². The molecule has 0 atom stereocenters. The Bertz CT molecular complexity index is 945. The molecule has 0 N–H and O–H groups in total. The Morgan fingerprint density at radius 1 is 1.16 bits per heavy atom. The van der Waals surface area contributed by atoms with E-state index in [0.29, 0.717) is 5.57 Å². The van der Waals surface area contributed by atoms with Gasteiger partial charge < -0.3 is 0 Å². The van der Waals surface area contributed by atoms with Gasteiger partial charge in [-0.1, -0.05) is 59.3 Å². The van der Waals surface area contributed by atoms with Crippen LogP contribution in [0.3, 0.4) is 0 Å². The molecular formula is C21H17BrN2S. The third-order valence-electron chi connectivity index (χ3n) is 3.96. The molecule has 4 heteroatoms. The first-order valence-corrected chi connectivity index (χ1v) is 9.66. The predicted octanol–water partition coefficient (Wildman–Crippen LogP) is 6.51. The lowest BCUT2D eigenvalue weighted by Gasteiger charge is -2.01. The highest BCUT2D eigenvalue weighted by molar-refractivity contribution is 9.10. The lowest BCUT2D eigenvalue weighted by atomic mass is 10.1. The van der Waals surface area contributed by atoms with Crippen LogP contribution in [0.5, 0.6) is 0 Å². The summed E-state index contributed by atoms with van der Waals surface area (Å²) in [5.41, 5.74) is 4.94. The molecule has 0 aliphatic rings. The lowest BCUT2D eigenvalue weighted by Crippen LogP contribution is -1.85. The van der Waals surface area contributed by atoms with E-state index in [9.17, 15) is 5.26 Å². The van der Waals surface area contributed by atoms with Crippen LogP contribution in [0, 0.1) is 18.3 Å². The molecule has 0 aliphatic carbocycles. The monoisotopic (exact) mass is 408 g/mol. The third-order valence-corrected chi connectivity index (χ3v) is 5.50. The first-order valence-electron chi connectivity index (χ1n) is 8.05. The molecule has 0 amide bonds. The SMILES string of the molecule is CCc1ccc(-c2nc(/C(C#N)=C/c3ccc(Br)cc3)sc2C)cc1. The molecule has 0 fully saturated rings. The Kier molecular flexibility index (Phi) is 5.47. The normalized spacial score (nSPS) is 11.4. The highest BCUT2D eigenvalue weighted by atomic mass is 79.9. The van der Waals surface area contributed by atoms with Crippen molar-refractivity contribution in [2.75, 3.05) is 0 Å². The van der Waals surface area contributed by atoms with Crippen molar-refractivity contribution < 1.29 is 0 Å². The number of rotatable bonds is 4. The molecule has 3 aromatic rings. The average molecular weight is 409 g/mol. The topological polar surface area (TPSA) is 36.7 Å². The van der Waals surface area contributed by atoms with Crippen LogP contribution in [0.15, 0.2) is 53.0 Å². The van der Waals surface area contributed by atoms with Crippen molar-refractivity contribution in [3.63, 3.8) is 0 Å². The molecule has 0 aliphatic heterocycles. The lowest BCUT2D eigenvalue weighted by molar-refractivity contribution is 1.14. The molecule has 0 bridgehead atoms. The zero-order valence-corrected chi connectivity index (χ0v) is 16.5. The quantitative estimate of drug-likeness (QED) is 0.461. The van der Waals surface area contributed by atoms with Gasteiger partial charge in [0.25, 0.3) is 0 Å². The molecule has 2 nitrogen and oxygen atoms in total. The summed E-state index contributed by atoms with van der Waals surface area (Å²) in [6.07, 6.45) is 2.91. The number of hydrogen-bond donors (Lipinski definition) is 0. The van der Waals surface area contributed by atoms with E-state index in [1.807, 2.05) is 30.3 Å². The van der Waals surface area contributed by atoms with Crippen LogP contribution in [0.2, 0.25) is 0 Å².